The van der Waals surface area contributed by atoms with Gasteiger partial charge in [-0.05, 0) is 30.5 Å². The van der Waals surface area contributed by atoms with E-state index in [0.717, 1.165) is 18.7 Å². The Balaban J connectivity index is 2.87. The number of rotatable bonds is 5. The summed E-state index contributed by atoms with van der Waals surface area (Å²) in [6.07, 6.45) is 1.11. The molecule has 4 nitrogen and oxygen atoms in total. The zero-order valence-corrected chi connectivity index (χ0v) is 11.6. The number of methoxy groups -OCH3 is 1. The second-order valence-corrected chi connectivity index (χ2v) is 4.87. The average Bonchev–Trinajstić information content (AvgIpc) is 2.35. The maximum absolute atomic E-state index is 11.6. The van der Waals surface area contributed by atoms with E-state index in [2.05, 4.69) is 18.7 Å². The lowest BCUT2D eigenvalue weighted by molar-refractivity contribution is 0.0602. The Morgan fingerprint density at radius 2 is 2.11 bits per heavy atom. The van der Waals surface area contributed by atoms with E-state index in [0.29, 0.717) is 17.2 Å². The molecule has 0 fully saturated rings. The van der Waals surface area contributed by atoms with Gasteiger partial charge < -0.3 is 15.4 Å². The third-order valence-electron chi connectivity index (χ3n) is 2.92. The molecule has 0 heterocycles. The van der Waals surface area contributed by atoms with Crippen LogP contribution < -0.4 is 10.6 Å². The van der Waals surface area contributed by atoms with Crippen molar-refractivity contribution in [1.29, 1.82) is 0 Å². The molecule has 0 atom stereocenters. The summed E-state index contributed by atoms with van der Waals surface area (Å²) in [5, 5.41) is 0. The van der Waals surface area contributed by atoms with Gasteiger partial charge in [0.2, 0.25) is 0 Å². The van der Waals surface area contributed by atoms with Gasteiger partial charge in [-0.25, -0.2) is 4.79 Å². The Hall–Kier alpha value is -1.71. The molecule has 0 radical (unpaired) electrons. The van der Waals surface area contributed by atoms with Crippen molar-refractivity contribution < 1.29 is 9.53 Å². The average molecular weight is 250 g/mol. The quantitative estimate of drug-likeness (QED) is 0.644. The Morgan fingerprint density at radius 3 is 2.67 bits per heavy atom. The Kier molecular flexibility index (Phi) is 5.01. The van der Waals surface area contributed by atoms with Crippen LogP contribution in [-0.4, -0.2) is 26.7 Å². The number of benzene rings is 1. The minimum absolute atomic E-state index is 0.397. The van der Waals surface area contributed by atoms with Gasteiger partial charge in [0, 0.05) is 25.0 Å². The standard InChI is InChI=1S/C14H22N2O2/c1-10(2)7-8-16(3)11-5-6-13(15)12(9-11)14(17)18-4/h5-6,9-10H,7-8,15H2,1-4H3. The van der Waals surface area contributed by atoms with E-state index in [-0.39, 0.29) is 0 Å². The second kappa shape index (κ2) is 6.28. The molecule has 1 rings (SSSR count). The number of anilines is 2. The molecule has 18 heavy (non-hydrogen) atoms. The molecule has 2 N–H and O–H groups in total. The third kappa shape index (κ3) is 3.65. The van der Waals surface area contributed by atoms with Crippen LogP contribution in [-0.2, 0) is 4.74 Å². The van der Waals surface area contributed by atoms with Crippen molar-refractivity contribution in [2.75, 3.05) is 31.3 Å². The van der Waals surface area contributed by atoms with Crippen molar-refractivity contribution in [3.63, 3.8) is 0 Å². The number of esters is 1. The Labute approximate surface area is 109 Å². The Bertz CT molecular complexity index is 416. The smallest absolute Gasteiger partial charge is 0.340 e. The molecule has 0 aliphatic heterocycles. The minimum atomic E-state index is -0.397. The molecule has 0 unspecified atom stereocenters. The number of ether oxygens (including phenoxy) is 1. The summed E-state index contributed by atoms with van der Waals surface area (Å²) in [5.74, 6) is 0.257. The fourth-order valence-electron chi connectivity index (χ4n) is 1.65. The van der Waals surface area contributed by atoms with E-state index < -0.39 is 5.97 Å². The summed E-state index contributed by atoms with van der Waals surface area (Å²) in [7, 11) is 3.37. The van der Waals surface area contributed by atoms with Crippen LogP contribution in [0.5, 0.6) is 0 Å². The van der Waals surface area contributed by atoms with Crippen molar-refractivity contribution in [3.8, 4) is 0 Å². The number of nitrogens with zero attached hydrogens (tertiary/aromatic N) is 1. The highest BCUT2D eigenvalue weighted by Gasteiger charge is 2.12. The van der Waals surface area contributed by atoms with Crippen LogP contribution in [0.3, 0.4) is 0 Å². The fraction of sp³-hybridized carbons (Fsp3) is 0.500. The zero-order chi connectivity index (χ0) is 13.7. The fourth-order valence-corrected chi connectivity index (χ4v) is 1.65. The highest BCUT2D eigenvalue weighted by Crippen LogP contribution is 2.21. The minimum Gasteiger partial charge on any atom is -0.465 e. The first-order valence-electron chi connectivity index (χ1n) is 6.14. The first-order valence-corrected chi connectivity index (χ1v) is 6.14. The Morgan fingerprint density at radius 1 is 1.44 bits per heavy atom. The molecule has 0 saturated heterocycles. The van der Waals surface area contributed by atoms with E-state index >= 15 is 0 Å². The lowest BCUT2D eigenvalue weighted by Crippen LogP contribution is -2.20. The summed E-state index contributed by atoms with van der Waals surface area (Å²) in [5.41, 5.74) is 7.62. The lowest BCUT2D eigenvalue weighted by Gasteiger charge is -2.21. The number of hydrogen-bond donors (Lipinski definition) is 1. The van der Waals surface area contributed by atoms with Crippen molar-refractivity contribution in [2.24, 2.45) is 5.92 Å². The van der Waals surface area contributed by atoms with Gasteiger partial charge >= 0.3 is 5.97 Å². The lowest BCUT2D eigenvalue weighted by atomic mass is 10.1. The van der Waals surface area contributed by atoms with Gasteiger partial charge in [0.1, 0.15) is 0 Å². The molecule has 0 aliphatic carbocycles. The highest BCUT2D eigenvalue weighted by molar-refractivity contribution is 5.96. The van der Waals surface area contributed by atoms with Crippen molar-refractivity contribution in [1.82, 2.24) is 0 Å². The highest BCUT2D eigenvalue weighted by atomic mass is 16.5. The number of carbonyl (C=O) groups excluding carboxylic acids is 1. The van der Waals surface area contributed by atoms with Crippen LogP contribution in [0.15, 0.2) is 18.2 Å². The molecule has 0 aliphatic rings. The van der Waals surface area contributed by atoms with Crippen molar-refractivity contribution in [2.45, 2.75) is 20.3 Å². The summed E-state index contributed by atoms with van der Waals surface area (Å²) < 4.78 is 4.71. The van der Waals surface area contributed by atoms with Crippen molar-refractivity contribution in [3.05, 3.63) is 23.8 Å². The molecule has 100 valence electrons. The number of hydrogen-bond acceptors (Lipinski definition) is 4. The summed E-state index contributed by atoms with van der Waals surface area (Å²) in [4.78, 5) is 13.7. The predicted octanol–water partition coefficient (Wildman–Crippen LogP) is 2.54. The maximum atomic E-state index is 11.6. The molecule has 4 heteroatoms. The van der Waals surface area contributed by atoms with Gasteiger partial charge in [0.05, 0.1) is 12.7 Å². The van der Waals surface area contributed by atoms with E-state index in [9.17, 15) is 4.79 Å². The van der Waals surface area contributed by atoms with E-state index in [1.54, 1.807) is 12.1 Å². The molecular weight excluding hydrogens is 228 g/mol. The largest absolute Gasteiger partial charge is 0.465 e. The molecule has 0 aromatic heterocycles. The van der Waals surface area contributed by atoms with Gasteiger partial charge in [0.15, 0.2) is 0 Å². The number of carbonyl (C=O) groups is 1. The first-order chi connectivity index (χ1) is 8.45. The summed E-state index contributed by atoms with van der Waals surface area (Å²) in [6, 6.07) is 5.44. The molecular formula is C14H22N2O2. The predicted molar refractivity (Wildman–Crippen MR) is 74.9 cm³/mol. The van der Waals surface area contributed by atoms with Crippen LogP contribution in [0, 0.1) is 5.92 Å². The monoisotopic (exact) mass is 250 g/mol. The van der Waals surface area contributed by atoms with Crippen LogP contribution in [0.25, 0.3) is 0 Å². The first kappa shape index (κ1) is 14.4. The van der Waals surface area contributed by atoms with E-state index in [4.69, 9.17) is 10.5 Å². The maximum Gasteiger partial charge on any atom is 0.340 e. The van der Waals surface area contributed by atoms with Gasteiger partial charge in [-0.15, -0.1) is 0 Å². The van der Waals surface area contributed by atoms with Crippen LogP contribution >= 0.6 is 0 Å². The van der Waals surface area contributed by atoms with Crippen molar-refractivity contribution >= 4 is 17.3 Å². The molecule has 0 spiro atoms. The normalized spacial score (nSPS) is 10.5. The molecule has 1 aromatic carbocycles. The third-order valence-corrected chi connectivity index (χ3v) is 2.92. The van der Waals surface area contributed by atoms with E-state index in [1.807, 2.05) is 13.1 Å². The SMILES string of the molecule is COC(=O)c1cc(N(C)CCC(C)C)ccc1N. The van der Waals surface area contributed by atoms with Crippen LogP contribution in [0.4, 0.5) is 11.4 Å². The topological polar surface area (TPSA) is 55.6 Å². The summed E-state index contributed by atoms with van der Waals surface area (Å²) >= 11 is 0. The number of nitrogen functional groups attached to an aromatic ring is 1. The zero-order valence-electron chi connectivity index (χ0n) is 11.6. The van der Waals surface area contributed by atoms with Crippen LogP contribution in [0.2, 0.25) is 0 Å². The molecule has 0 saturated carbocycles. The van der Waals surface area contributed by atoms with Gasteiger partial charge in [-0.1, -0.05) is 13.8 Å². The van der Waals surface area contributed by atoms with Gasteiger partial charge in [-0.3, -0.25) is 0 Å². The molecule has 0 bridgehead atoms. The molecule has 1 aromatic rings. The second-order valence-electron chi connectivity index (χ2n) is 4.87. The van der Waals surface area contributed by atoms with Gasteiger partial charge in [0.25, 0.3) is 0 Å². The summed E-state index contributed by atoms with van der Waals surface area (Å²) in [6.45, 7) is 5.33. The van der Waals surface area contributed by atoms with E-state index in [1.165, 1.54) is 7.11 Å². The molecule has 0 amide bonds. The van der Waals surface area contributed by atoms with Crippen LogP contribution in [0.1, 0.15) is 30.6 Å². The van der Waals surface area contributed by atoms with Gasteiger partial charge in [-0.2, -0.15) is 0 Å². The number of nitrogens with two attached hydrogens (primary N) is 1.